The SMILES string of the molecule is NC(=O)c1nn(-c2cnccn2)c2c1CC1CCC2O1. The molecule has 4 rings (SSSR count). The largest absolute Gasteiger partial charge is 0.368 e. The fraction of sp³-hybridized carbons (Fsp3) is 0.385. The maximum atomic E-state index is 11.6. The molecule has 1 amide bonds. The second-order valence-corrected chi connectivity index (χ2v) is 5.08. The molecule has 7 nitrogen and oxygen atoms in total. The van der Waals surface area contributed by atoms with Crippen molar-refractivity contribution in [3.8, 4) is 5.82 Å². The maximum absolute atomic E-state index is 11.6. The molecule has 0 saturated carbocycles. The van der Waals surface area contributed by atoms with Gasteiger partial charge in [0.2, 0.25) is 0 Å². The van der Waals surface area contributed by atoms with Gasteiger partial charge in [-0.25, -0.2) is 9.67 Å². The Balaban J connectivity index is 1.94. The summed E-state index contributed by atoms with van der Waals surface area (Å²) in [6, 6.07) is 0. The molecule has 2 bridgehead atoms. The van der Waals surface area contributed by atoms with E-state index >= 15 is 0 Å². The Bertz CT molecular complexity index is 682. The van der Waals surface area contributed by atoms with Gasteiger partial charge in [-0.3, -0.25) is 9.78 Å². The lowest BCUT2D eigenvalue weighted by molar-refractivity contribution is 0.0285. The molecule has 4 heterocycles. The van der Waals surface area contributed by atoms with E-state index < -0.39 is 5.91 Å². The van der Waals surface area contributed by atoms with Crippen LogP contribution in [-0.2, 0) is 11.2 Å². The number of amides is 1. The number of primary amides is 1. The Morgan fingerprint density at radius 1 is 1.40 bits per heavy atom. The van der Waals surface area contributed by atoms with E-state index in [0.717, 1.165) is 24.1 Å². The van der Waals surface area contributed by atoms with Crippen molar-refractivity contribution in [1.29, 1.82) is 0 Å². The van der Waals surface area contributed by atoms with Crippen molar-refractivity contribution in [3.63, 3.8) is 0 Å². The Kier molecular flexibility index (Phi) is 2.37. The first-order chi connectivity index (χ1) is 9.74. The lowest BCUT2D eigenvalue weighted by atomic mass is 10.0. The molecule has 0 spiro atoms. The number of rotatable bonds is 2. The lowest BCUT2D eigenvalue weighted by Crippen LogP contribution is -2.21. The number of fused-ring (bicyclic) bond motifs is 4. The van der Waals surface area contributed by atoms with Crippen LogP contribution in [-0.4, -0.2) is 31.8 Å². The Morgan fingerprint density at radius 3 is 3.05 bits per heavy atom. The second-order valence-electron chi connectivity index (χ2n) is 5.08. The summed E-state index contributed by atoms with van der Waals surface area (Å²) in [5, 5.41) is 4.34. The zero-order chi connectivity index (χ0) is 13.7. The molecular weight excluding hydrogens is 258 g/mol. The number of nitrogens with zero attached hydrogens (tertiary/aromatic N) is 4. The third kappa shape index (κ3) is 1.56. The van der Waals surface area contributed by atoms with Crippen LogP contribution in [0, 0.1) is 0 Å². The fourth-order valence-electron chi connectivity index (χ4n) is 3.05. The molecule has 0 aliphatic carbocycles. The van der Waals surface area contributed by atoms with Gasteiger partial charge < -0.3 is 10.5 Å². The summed E-state index contributed by atoms with van der Waals surface area (Å²) in [6.45, 7) is 0. The lowest BCUT2D eigenvalue weighted by Gasteiger charge is -2.22. The Labute approximate surface area is 114 Å². The number of ether oxygens (including phenoxy) is 1. The molecule has 2 aliphatic rings. The van der Waals surface area contributed by atoms with Crippen molar-refractivity contribution in [1.82, 2.24) is 19.7 Å². The van der Waals surface area contributed by atoms with Crippen LogP contribution in [0.2, 0.25) is 0 Å². The van der Waals surface area contributed by atoms with Crippen LogP contribution >= 0.6 is 0 Å². The van der Waals surface area contributed by atoms with E-state index in [1.54, 1.807) is 23.3 Å². The summed E-state index contributed by atoms with van der Waals surface area (Å²) in [6.07, 6.45) is 7.55. The van der Waals surface area contributed by atoms with E-state index in [0.29, 0.717) is 17.9 Å². The number of carbonyl (C=O) groups excluding carboxylic acids is 1. The molecule has 1 fully saturated rings. The van der Waals surface area contributed by atoms with Gasteiger partial charge in [-0.05, 0) is 12.8 Å². The third-order valence-electron chi connectivity index (χ3n) is 3.87. The number of hydrogen-bond acceptors (Lipinski definition) is 5. The van der Waals surface area contributed by atoms with Gasteiger partial charge in [0.15, 0.2) is 11.5 Å². The molecule has 2 atom stereocenters. The molecular formula is C13H13N5O2. The molecule has 102 valence electrons. The zero-order valence-electron chi connectivity index (χ0n) is 10.7. The number of hydrogen-bond donors (Lipinski definition) is 1. The minimum absolute atomic E-state index is 0.0358. The molecule has 0 aromatic carbocycles. The smallest absolute Gasteiger partial charge is 0.269 e. The molecule has 2 unspecified atom stereocenters. The van der Waals surface area contributed by atoms with Crippen LogP contribution in [0.1, 0.15) is 40.7 Å². The van der Waals surface area contributed by atoms with Crippen molar-refractivity contribution in [2.75, 3.05) is 0 Å². The van der Waals surface area contributed by atoms with Crippen LogP contribution in [0.15, 0.2) is 18.6 Å². The van der Waals surface area contributed by atoms with Crippen LogP contribution in [0.25, 0.3) is 5.82 Å². The van der Waals surface area contributed by atoms with Gasteiger partial charge in [0.1, 0.15) is 6.10 Å². The Hall–Kier alpha value is -2.28. The second kappa shape index (κ2) is 4.11. The minimum atomic E-state index is -0.509. The number of aromatic nitrogens is 4. The van der Waals surface area contributed by atoms with Crippen molar-refractivity contribution in [2.24, 2.45) is 5.73 Å². The van der Waals surface area contributed by atoms with Crippen molar-refractivity contribution in [2.45, 2.75) is 31.5 Å². The van der Waals surface area contributed by atoms with Gasteiger partial charge in [-0.2, -0.15) is 5.10 Å². The van der Waals surface area contributed by atoms with Crippen LogP contribution in [0.4, 0.5) is 0 Å². The monoisotopic (exact) mass is 271 g/mol. The van der Waals surface area contributed by atoms with Crippen LogP contribution in [0.5, 0.6) is 0 Å². The summed E-state index contributed by atoms with van der Waals surface area (Å²) in [5.74, 6) is 0.0652. The van der Waals surface area contributed by atoms with E-state index in [4.69, 9.17) is 10.5 Å². The summed E-state index contributed by atoms with van der Waals surface area (Å²) in [4.78, 5) is 19.9. The quantitative estimate of drug-likeness (QED) is 0.859. The molecule has 7 heteroatoms. The maximum Gasteiger partial charge on any atom is 0.269 e. The molecule has 1 saturated heterocycles. The number of nitrogens with two attached hydrogens (primary N) is 1. The minimum Gasteiger partial charge on any atom is -0.368 e. The van der Waals surface area contributed by atoms with Crippen molar-refractivity contribution in [3.05, 3.63) is 35.5 Å². The Morgan fingerprint density at radius 2 is 2.30 bits per heavy atom. The van der Waals surface area contributed by atoms with Crippen LogP contribution < -0.4 is 5.73 Å². The summed E-state index contributed by atoms with van der Waals surface area (Å²) in [5.41, 5.74) is 7.57. The van der Waals surface area contributed by atoms with E-state index in [1.807, 2.05) is 0 Å². The predicted molar refractivity (Wildman–Crippen MR) is 68.2 cm³/mol. The third-order valence-corrected chi connectivity index (χ3v) is 3.87. The van der Waals surface area contributed by atoms with Gasteiger partial charge in [0, 0.05) is 24.4 Å². The summed E-state index contributed by atoms with van der Waals surface area (Å²) in [7, 11) is 0. The summed E-state index contributed by atoms with van der Waals surface area (Å²) < 4.78 is 7.57. The standard InChI is InChI=1S/C13H13N5O2/c14-13(19)11-8-5-7-1-2-9(20-7)12(8)18(17-11)10-6-15-3-4-16-10/h3-4,6-7,9H,1-2,5H2,(H2,14,19). The topological polar surface area (TPSA) is 95.9 Å². The highest BCUT2D eigenvalue weighted by molar-refractivity contribution is 5.92. The normalized spacial score (nSPS) is 23.6. The first kappa shape index (κ1) is 11.5. The number of carbonyl (C=O) groups is 1. The molecule has 2 aliphatic heterocycles. The molecule has 2 aromatic heterocycles. The van der Waals surface area contributed by atoms with Gasteiger partial charge in [-0.15, -0.1) is 0 Å². The molecule has 2 aromatic rings. The van der Waals surface area contributed by atoms with E-state index in [1.165, 1.54) is 0 Å². The highest BCUT2D eigenvalue weighted by Crippen LogP contribution is 2.42. The average Bonchev–Trinajstić information content (AvgIpc) is 3.03. The van der Waals surface area contributed by atoms with Gasteiger partial charge in [0.25, 0.3) is 5.91 Å². The fourth-order valence-corrected chi connectivity index (χ4v) is 3.05. The van der Waals surface area contributed by atoms with E-state index in [9.17, 15) is 4.79 Å². The first-order valence-corrected chi connectivity index (χ1v) is 6.57. The van der Waals surface area contributed by atoms with Gasteiger partial charge in [-0.1, -0.05) is 0 Å². The van der Waals surface area contributed by atoms with Crippen molar-refractivity contribution < 1.29 is 9.53 Å². The highest BCUT2D eigenvalue weighted by atomic mass is 16.5. The van der Waals surface area contributed by atoms with E-state index in [2.05, 4.69) is 15.1 Å². The summed E-state index contributed by atoms with van der Waals surface area (Å²) >= 11 is 0. The average molecular weight is 271 g/mol. The van der Waals surface area contributed by atoms with Crippen molar-refractivity contribution >= 4 is 5.91 Å². The van der Waals surface area contributed by atoms with Crippen LogP contribution in [0.3, 0.4) is 0 Å². The van der Waals surface area contributed by atoms with Gasteiger partial charge >= 0.3 is 0 Å². The highest BCUT2D eigenvalue weighted by Gasteiger charge is 2.40. The first-order valence-electron chi connectivity index (χ1n) is 6.57. The predicted octanol–water partition coefficient (Wildman–Crippen LogP) is 0.537. The van der Waals surface area contributed by atoms with Gasteiger partial charge in [0.05, 0.1) is 18.0 Å². The molecule has 0 radical (unpaired) electrons. The molecule has 2 N–H and O–H groups in total. The molecule has 20 heavy (non-hydrogen) atoms. The zero-order valence-corrected chi connectivity index (χ0v) is 10.7. The van der Waals surface area contributed by atoms with E-state index in [-0.39, 0.29) is 12.2 Å².